The Kier molecular flexibility index (Phi) is 7.67. The minimum Gasteiger partial charge on any atom is -0.462 e. The van der Waals surface area contributed by atoms with Crippen molar-refractivity contribution in [2.45, 2.75) is 52.9 Å². The van der Waals surface area contributed by atoms with Gasteiger partial charge in [-0.1, -0.05) is 25.7 Å². The van der Waals surface area contributed by atoms with Gasteiger partial charge in [0.2, 0.25) is 0 Å². The summed E-state index contributed by atoms with van der Waals surface area (Å²) in [5.41, 5.74) is 3.50. The summed E-state index contributed by atoms with van der Waals surface area (Å²) in [6.45, 7) is 14.4. The first-order chi connectivity index (χ1) is 11.2. The van der Waals surface area contributed by atoms with Crippen molar-refractivity contribution < 1.29 is 9.53 Å². The van der Waals surface area contributed by atoms with Gasteiger partial charge in [-0.15, -0.1) is 0 Å². The van der Waals surface area contributed by atoms with Crippen LogP contribution in [0.15, 0.2) is 17.1 Å². The van der Waals surface area contributed by atoms with Crippen molar-refractivity contribution >= 4 is 26.1 Å². The predicted molar refractivity (Wildman–Crippen MR) is 105 cm³/mol. The van der Waals surface area contributed by atoms with Crippen LogP contribution < -0.4 is 0 Å². The fourth-order valence-electron chi connectivity index (χ4n) is 2.25. The van der Waals surface area contributed by atoms with Crippen LogP contribution >= 0.6 is 0 Å². The van der Waals surface area contributed by atoms with E-state index in [4.69, 9.17) is 4.74 Å². The van der Waals surface area contributed by atoms with Crippen LogP contribution in [0.1, 0.15) is 34.8 Å². The second-order valence-corrected chi connectivity index (χ2v) is 13.1. The number of ether oxygens (including phenoxy) is 1. The summed E-state index contributed by atoms with van der Waals surface area (Å²) in [6.07, 6.45) is 2.77. The zero-order chi connectivity index (χ0) is 18.3. The molecule has 0 spiro atoms. The largest absolute Gasteiger partial charge is 0.462 e. The molecule has 0 bridgehead atoms. The van der Waals surface area contributed by atoms with E-state index in [2.05, 4.69) is 31.6 Å². The number of aliphatic imine (C=N–C) groups is 1. The van der Waals surface area contributed by atoms with E-state index in [1.807, 2.05) is 44.3 Å². The fourth-order valence-corrected chi connectivity index (χ4v) is 3.46. The summed E-state index contributed by atoms with van der Waals surface area (Å²) in [7, 11) is 0.915. The lowest BCUT2D eigenvalue weighted by Crippen LogP contribution is -2.20. The molecule has 1 aromatic rings. The van der Waals surface area contributed by atoms with Crippen molar-refractivity contribution in [3.05, 3.63) is 28.8 Å². The van der Waals surface area contributed by atoms with Gasteiger partial charge >= 0.3 is 5.97 Å². The standard InChI is InChI=1S/C19H32N2O2Si/c1-8-21(4)14-20-18-11-10-17(15(2)16(18)3)19(22)23-12-9-13-24(5,6)7/h10-11,14H,8-9,12-13H2,1-7H3/b20-14+. The van der Waals surface area contributed by atoms with Crippen molar-refractivity contribution in [3.63, 3.8) is 0 Å². The molecule has 0 aromatic heterocycles. The Morgan fingerprint density at radius 2 is 1.92 bits per heavy atom. The number of rotatable bonds is 8. The highest BCUT2D eigenvalue weighted by molar-refractivity contribution is 6.76. The number of hydrogen-bond donors (Lipinski definition) is 0. The van der Waals surface area contributed by atoms with Crippen LogP contribution in [0.3, 0.4) is 0 Å². The number of hydrogen-bond acceptors (Lipinski definition) is 3. The smallest absolute Gasteiger partial charge is 0.338 e. The Balaban J connectivity index is 2.74. The van der Waals surface area contributed by atoms with Gasteiger partial charge in [-0.05, 0) is 50.5 Å². The molecule has 0 fully saturated rings. The summed E-state index contributed by atoms with van der Waals surface area (Å²) in [4.78, 5) is 18.8. The summed E-state index contributed by atoms with van der Waals surface area (Å²) >= 11 is 0. The van der Waals surface area contributed by atoms with Crippen LogP contribution in [0.4, 0.5) is 5.69 Å². The molecule has 0 N–H and O–H groups in total. The molecular formula is C19H32N2O2Si. The summed E-state index contributed by atoms with van der Waals surface area (Å²) < 4.78 is 5.45. The quantitative estimate of drug-likeness (QED) is 0.223. The third-order valence-corrected chi connectivity index (χ3v) is 6.03. The first-order valence-corrected chi connectivity index (χ1v) is 12.4. The van der Waals surface area contributed by atoms with E-state index >= 15 is 0 Å². The Labute approximate surface area is 147 Å². The first-order valence-electron chi connectivity index (χ1n) is 8.67. The second kappa shape index (κ2) is 9.02. The maximum Gasteiger partial charge on any atom is 0.338 e. The van der Waals surface area contributed by atoms with E-state index < -0.39 is 8.07 Å². The van der Waals surface area contributed by atoms with Crippen molar-refractivity contribution in [2.75, 3.05) is 20.2 Å². The molecule has 0 unspecified atom stereocenters. The highest BCUT2D eigenvalue weighted by atomic mass is 28.3. The minimum absolute atomic E-state index is 0.229. The average molecular weight is 349 g/mol. The monoisotopic (exact) mass is 348 g/mol. The molecule has 24 heavy (non-hydrogen) atoms. The van der Waals surface area contributed by atoms with Crippen molar-refractivity contribution in [1.29, 1.82) is 0 Å². The van der Waals surface area contributed by atoms with E-state index in [-0.39, 0.29) is 5.97 Å². The SMILES string of the molecule is CCN(C)/C=N/c1ccc(C(=O)OCCC[Si](C)(C)C)c(C)c1C. The van der Waals surface area contributed by atoms with Gasteiger partial charge in [-0.2, -0.15) is 0 Å². The Bertz CT molecular complexity index is 592. The zero-order valence-corrected chi connectivity index (χ0v) is 17.3. The lowest BCUT2D eigenvalue weighted by atomic mass is 10.0. The van der Waals surface area contributed by atoms with Gasteiger partial charge < -0.3 is 9.64 Å². The van der Waals surface area contributed by atoms with Crippen molar-refractivity contribution in [2.24, 2.45) is 4.99 Å². The Morgan fingerprint density at radius 3 is 2.50 bits per heavy atom. The van der Waals surface area contributed by atoms with Crippen LogP contribution in [0.2, 0.25) is 25.7 Å². The lowest BCUT2D eigenvalue weighted by Gasteiger charge is -2.16. The highest BCUT2D eigenvalue weighted by Gasteiger charge is 2.16. The van der Waals surface area contributed by atoms with E-state index in [1.54, 1.807) is 0 Å². The van der Waals surface area contributed by atoms with Gasteiger partial charge in [-0.25, -0.2) is 9.79 Å². The third kappa shape index (κ3) is 6.47. The number of benzene rings is 1. The molecule has 0 radical (unpaired) electrons. The normalized spacial score (nSPS) is 11.8. The van der Waals surface area contributed by atoms with Gasteiger partial charge in [0.05, 0.1) is 24.2 Å². The van der Waals surface area contributed by atoms with Crippen LogP contribution in [0.5, 0.6) is 0 Å². The molecule has 4 nitrogen and oxygen atoms in total. The number of nitrogens with zero attached hydrogens (tertiary/aromatic N) is 2. The second-order valence-electron chi connectivity index (χ2n) is 7.50. The molecule has 0 aliphatic rings. The Morgan fingerprint density at radius 1 is 1.25 bits per heavy atom. The van der Waals surface area contributed by atoms with Crippen LogP contribution in [-0.4, -0.2) is 45.5 Å². The topological polar surface area (TPSA) is 41.9 Å². The van der Waals surface area contributed by atoms with Gasteiger partial charge in [0, 0.05) is 21.7 Å². The maximum absolute atomic E-state index is 12.3. The third-order valence-electron chi connectivity index (χ3n) is 4.18. The molecule has 1 aromatic carbocycles. The van der Waals surface area contributed by atoms with Crippen LogP contribution in [0.25, 0.3) is 0 Å². The van der Waals surface area contributed by atoms with Gasteiger partial charge in [0.25, 0.3) is 0 Å². The Hall–Kier alpha value is -1.62. The summed E-state index contributed by atoms with van der Waals surface area (Å²) in [6, 6.07) is 4.89. The van der Waals surface area contributed by atoms with E-state index in [0.717, 1.165) is 29.8 Å². The van der Waals surface area contributed by atoms with Gasteiger partial charge in [0.15, 0.2) is 0 Å². The molecule has 0 aliphatic carbocycles. The first kappa shape index (κ1) is 20.4. The van der Waals surface area contributed by atoms with Gasteiger partial charge in [-0.3, -0.25) is 0 Å². The molecule has 1 rings (SSSR count). The van der Waals surface area contributed by atoms with Crippen molar-refractivity contribution in [3.8, 4) is 0 Å². The van der Waals surface area contributed by atoms with E-state index in [0.29, 0.717) is 12.2 Å². The molecule has 134 valence electrons. The molecular weight excluding hydrogens is 316 g/mol. The summed E-state index contributed by atoms with van der Waals surface area (Å²) in [5, 5.41) is 0. The number of carbonyl (C=O) groups is 1. The predicted octanol–water partition coefficient (Wildman–Crippen LogP) is 4.80. The van der Waals surface area contributed by atoms with E-state index in [9.17, 15) is 4.79 Å². The molecule has 0 saturated heterocycles. The molecule has 5 heteroatoms. The van der Waals surface area contributed by atoms with Crippen molar-refractivity contribution in [1.82, 2.24) is 4.90 Å². The molecule has 0 atom stereocenters. The lowest BCUT2D eigenvalue weighted by molar-refractivity contribution is 0.0504. The molecule has 0 aliphatic heterocycles. The zero-order valence-electron chi connectivity index (χ0n) is 16.3. The summed E-state index contributed by atoms with van der Waals surface area (Å²) in [5.74, 6) is -0.229. The fraction of sp³-hybridized carbons (Fsp3) is 0.579. The van der Waals surface area contributed by atoms with Gasteiger partial charge in [0.1, 0.15) is 0 Å². The minimum atomic E-state index is -1.07. The maximum atomic E-state index is 12.3. The number of esters is 1. The number of carbonyl (C=O) groups excluding carboxylic acids is 1. The highest BCUT2D eigenvalue weighted by Crippen LogP contribution is 2.25. The molecule has 0 heterocycles. The van der Waals surface area contributed by atoms with Crippen LogP contribution in [0, 0.1) is 13.8 Å². The van der Waals surface area contributed by atoms with E-state index in [1.165, 1.54) is 6.04 Å². The molecule has 0 amide bonds. The van der Waals surface area contributed by atoms with Crippen LogP contribution in [-0.2, 0) is 4.74 Å². The molecule has 0 saturated carbocycles. The average Bonchev–Trinajstić information content (AvgIpc) is 2.51.